The maximum Gasteiger partial charge on any atom is 0.399 e. The SMILES string of the molecule is NC(=NO)C(CSCCCO)C(F)(F)F. The third-order valence-electron chi connectivity index (χ3n) is 1.60. The van der Waals surface area contributed by atoms with E-state index >= 15 is 0 Å². The minimum atomic E-state index is -4.51. The number of nitrogens with two attached hydrogens (primary N) is 1. The molecule has 0 amide bonds. The monoisotopic (exact) mass is 246 g/mol. The van der Waals surface area contributed by atoms with E-state index in [4.69, 9.17) is 16.0 Å². The van der Waals surface area contributed by atoms with Gasteiger partial charge in [-0.25, -0.2) is 0 Å². The number of nitrogens with zero attached hydrogens (tertiary/aromatic N) is 1. The first-order valence-electron chi connectivity index (χ1n) is 4.16. The summed E-state index contributed by atoms with van der Waals surface area (Å²) in [5.74, 6) is -2.67. The summed E-state index contributed by atoms with van der Waals surface area (Å²) in [4.78, 5) is 0. The van der Waals surface area contributed by atoms with Crippen LogP contribution < -0.4 is 5.73 Å². The van der Waals surface area contributed by atoms with Gasteiger partial charge in [-0.2, -0.15) is 24.9 Å². The van der Waals surface area contributed by atoms with Crippen LogP contribution in [0.4, 0.5) is 13.2 Å². The molecule has 1 atom stereocenters. The van der Waals surface area contributed by atoms with Crippen molar-refractivity contribution >= 4 is 17.6 Å². The molecule has 4 nitrogen and oxygen atoms in total. The lowest BCUT2D eigenvalue weighted by Crippen LogP contribution is -2.37. The lowest BCUT2D eigenvalue weighted by atomic mass is 10.1. The predicted molar refractivity (Wildman–Crippen MR) is 52.0 cm³/mol. The van der Waals surface area contributed by atoms with E-state index in [9.17, 15) is 13.2 Å². The molecule has 0 aliphatic heterocycles. The molecule has 0 aromatic rings. The highest BCUT2D eigenvalue weighted by atomic mass is 32.2. The molecule has 0 saturated heterocycles. The molecule has 0 aliphatic carbocycles. The molecule has 0 radical (unpaired) electrons. The van der Waals surface area contributed by atoms with Gasteiger partial charge in [-0.15, -0.1) is 0 Å². The second kappa shape index (κ2) is 6.78. The van der Waals surface area contributed by atoms with Crippen molar-refractivity contribution in [1.29, 1.82) is 0 Å². The maximum atomic E-state index is 12.3. The molecule has 90 valence electrons. The van der Waals surface area contributed by atoms with Crippen molar-refractivity contribution in [3.05, 3.63) is 0 Å². The van der Waals surface area contributed by atoms with E-state index in [2.05, 4.69) is 5.16 Å². The van der Waals surface area contributed by atoms with Gasteiger partial charge in [0.15, 0.2) is 5.84 Å². The molecule has 0 fully saturated rings. The third kappa shape index (κ3) is 5.73. The van der Waals surface area contributed by atoms with Crippen LogP contribution >= 0.6 is 11.8 Å². The minimum Gasteiger partial charge on any atom is -0.409 e. The van der Waals surface area contributed by atoms with Crippen LogP contribution in [0.3, 0.4) is 0 Å². The number of alkyl halides is 3. The van der Waals surface area contributed by atoms with Crippen molar-refractivity contribution < 1.29 is 23.5 Å². The summed E-state index contributed by atoms with van der Waals surface area (Å²) in [6, 6.07) is 0. The van der Waals surface area contributed by atoms with Crippen molar-refractivity contribution in [2.24, 2.45) is 16.8 Å². The highest BCUT2D eigenvalue weighted by Crippen LogP contribution is 2.29. The molecule has 4 N–H and O–H groups in total. The maximum absolute atomic E-state index is 12.3. The van der Waals surface area contributed by atoms with Gasteiger partial charge in [0, 0.05) is 12.4 Å². The second-order valence-corrected chi connectivity index (χ2v) is 3.92. The molecule has 0 heterocycles. The Bertz CT molecular complexity index is 211. The normalized spacial score (nSPS) is 15.3. The van der Waals surface area contributed by atoms with Gasteiger partial charge >= 0.3 is 6.18 Å². The lowest BCUT2D eigenvalue weighted by molar-refractivity contribution is -0.150. The molecule has 1 unspecified atom stereocenters. The van der Waals surface area contributed by atoms with Gasteiger partial charge in [0.1, 0.15) is 5.92 Å². The standard InChI is InChI=1S/C7H13F3N2O2S/c8-7(9,10)5(6(11)12-14)4-15-3-1-2-13/h5,13-14H,1-4H2,(H2,11,12). The summed E-state index contributed by atoms with van der Waals surface area (Å²) >= 11 is 1.00. The van der Waals surface area contributed by atoms with E-state index in [1.807, 2.05) is 0 Å². The molecule has 0 rings (SSSR count). The van der Waals surface area contributed by atoms with E-state index in [0.717, 1.165) is 11.8 Å². The van der Waals surface area contributed by atoms with Gasteiger partial charge < -0.3 is 16.0 Å². The van der Waals surface area contributed by atoms with Crippen LogP contribution in [0.1, 0.15) is 6.42 Å². The van der Waals surface area contributed by atoms with Gasteiger partial charge in [0.05, 0.1) is 0 Å². The summed E-state index contributed by atoms with van der Waals surface area (Å²) in [6.45, 7) is -0.0622. The molecule has 0 bridgehead atoms. The van der Waals surface area contributed by atoms with Gasteiger partial charge in [-0.3, -0.25) is 0 Å². The highest BCUT2D eigenvalue weighted by molar-refractivity contribution is 7.99. The Balaban J connectivity index is 4.16. The summed E-state index contributed by atoms with van der Waals surface area (Å²) in [5.41, 5.74) is 4.94. The smallest absolute Gasteiger partial charge is 0.399 e. The first-order chi connectivity index (χ1) is 6.93. The van der Waals surface area contributed by atoms with Crippen LogP contribution in [-0.4, -0.2) is 40.4 Å². The van der Waals surface area contributed by atoms with Gasteiger partial charge in [0.2, 0.25) is 0 Å². The molecule has 0 aliphatic rings. The van der Waals surface area contributed by atoms with Crippen molar-refractivity contribution in [3.63, 3.8) is 0 Å². The summed E-state index contributed by atoms with van der Waals surface area (Å²) < 4.78 is 37.0. The first-order valence-corrected chi connectivity index (χ1v) is 5.31. The van der Waals surface area contributed by atoms with Crippen LogP contribution in [0.15, 0.2) is 5.16 Å². The Morgan fingerprint density at radius 3 is 2.47 bits per heavy atom. The molecule has 0 aromatic carbocycles. The topological polar surface area (TPSA) is 78.8 Å². The largest absolute Gasteiger partial charge is 0.409 e. The van der Waals surface area contributed by atoms with Crippen molar-refractivity contribution in [1.82, 2.24) is 0 Å². The van der Waals surface area contributed by atoms with E-state index in [-0.39, 0.29) is 12.4 Å². The molecule has 0 saturated carbocycles. The number of aliphatic hydroxyl groups is 1. The number of halogens is 3. The fraction of sp³-hybridized carbons (Fsp3) is 0.857. The number of amidine groups is 1. The number of aliphatic hydroxyl groups excluding tert-OH is 1. The zero-order chi connectivity index (χ0) is 11.9. The molecule has 0 spiro atoms. The summed E-state index contributed by atoms with van der Waals surface area (Å²) in [7, 11) is 0. The fourth-order valence-electron chi connectivity index (χ4n) is 0.785. The number of hydrogen-bond donors (Lipinski definition) is 3. The highest BCUT2D eigenvalue weighted by Gasteiger charge is 2.42. The van der Waals surface area contributed by atoms with E-state index in [1.165, 1.54) is 0 Å². The van der Waals surface area contributed by atoms with Gasteiger partial charge in [0.25, 0.3) is 0 Å². The van der Waals surface area contributed by atoms with Gasteiger partial charge in [-0.05, 0) is 12.2 Å². The quantitative estimate of drug-likeness (QED) is 0.215. The molecular formula is C7H13F3N2O2S. The van der Waals surface area contributed by atoms with Crippen molar-refractivity contribution in [2.75, 3.05) is 18.1 Å². The Morgan fingerprint density at radius 1 is 1.47 bits per heavy atom. The zero-order valence-corrected chi connectivity index (χ0v) is 8.68. The van der Waals surface area contributed by atoms with Crippen LogP contribution in [0.25, 0.3) is 0 Å². The van der Waals surface area contributed by atoms with Crippen molar-refractivity contribution in [3.8, 4) is 0 Å². The Morgan fingerprint density at radius 2 is 2.07 bits per heavy atom. The van der Waals surface area contributed by atoms with E-state index < -0.39 is 17.9 Å². The number of rotatable bonds is 6. The number of hydrogen-bond acceptors (Lipinski definition) is 4. The lowest BCUT2D eigenvalue weighted by Gasteiger charge is -2.18. The van der Waals surface area contributed by atoms with Crippen LogP contribution in [0.2, 0.25) is 0 Å². The Hall–Kier alpha value is -0.630. The predicted octanol–water partition coefficient (Wildman–Crippen LogP) is 1.03. The Kier molecular flexibility index (Phi) is 6.50. The minimum absolute atomic E-state index is 0.0622. The molecule has 8 heteroatoms. The Labute approximate surface area is 89.3 Å². The van der Waals surface area contributed by atoms with Crippen molar-refractivity contribution in [2.45, 2.75) is 12.6 Å². The van der Waals surface area contributed by atoms with Crippen LogP contribution in [0, 0.1) is 5.92 Å². The van der Waals surface area contributed by atoms with Gasteiger partial charge in [-0.1, -0.05) is 5.16 Å². The summed E-state index contributed by atoms with van der Waals surface area (Å²) in [5, 5.41) is 19.0. The van der Waals surface area contributed by atoms with Crippen LogP contribution in [0.5, 0.6) is 0 Å². The average molecular weight is 246 g/mol. The summed E-state index contributed by atoms with van der Waals surface area (Å²) in [6.07, 6.45) is -4.09. The van der Waals surface area contributed by atoms with E-state index in [1.54, 1.807) is 0 Å². The van der Waals surface area contributed by atoms with E-state index in [0.29, 0.717) is 12.2 Å². The molecular weight excluding hydrogens is 233 g/mol. The first kappa shape index (κ1) is 14.4. The molecule has 0 aromatic heterocycles. The third-order valence-corrected chi connectivity index (χ3v) is 2.75. The molecule has 15 heavy (non-hydrogen) atoms. The average Bonchev–Trinajstić information content (AvgIpc) is 2.15. The second-order valence-electron chi connectivity index (χ2n) is 2.77. The number of thioether (sulfide) groups is 1. The zero-order valence-electron chi connectivity index (χ0n) is 7.87. The van der Waals surface area contributed by atoms with Crippen LogP contribution in [-0.2, 0) is 0 Å². The fourth-order valence-corrected chi connectivity index (χ4v) is 1.88. The number of oxime groups is 1.